The maximum Gasteiger partial charge on any atom is 0.191 e. The van der Waals surface area contributed by atoms with Gasteiger partial charge < -0.3 is 4.57 Å². The lowest BCUT2D eigenvalue weighted by Gasteiger charge is -2.02. The van der Waals surface area contributed by atoms with Crippen LogP contribution in [0.3, 0.4) is 0 Å². The third kappa shape index (κ3) is 1.94. The van der Waals surface area contributed by atoms with Crippen molar-refractivity contribution >= 4 is 22.6 Å². The SMILES string of the molecule is CC1=NC(c2nc3ccccc3n2C)=NCc2cccnc21. The Hall–Kier alpha value is -2.82. The summed E-state index contributed by atoms with van der Waals surface area (Å²) in [4.78, 5) is 18.4. The van der Waals surface area contributed by atoms with Crippen molar-refractivity contribution in [3.8, 4) is 0 Å². The second kappa shape index (κ2) is 4.87. The van der Waals surface area contributed by atoms with Crippen molar-refractivity contribution in [1.29, 1.82) is 0 Å². The molecular formula is C17H15N5. The molecule has 0 amide bonds. The number of imidazole rings is 1. The zero-order valence-corrected chi connectivity index (χ0v) is 12.5. The van der Waals surface area contributed by atoms with E-state index in [0.29, 0.717) is 12.4 Å². The Bertz CT molecular complexity index is 933. The summed E-state index contributed by atoms with van der Waals surface area (Å²) in [6.45, 7) is 2.54. The number of fused-ring (bicyclic) bond motifs is 2. The van der Waals surface area contributed by atoms with E-state index < -0.39 is 0 Å². The van der Waals surface area contributed by atoms with Gasteiger partial charge in [-0.25, -0.2) is 9.98 Å². The summed E-state index contributed by atoms with van der Waals surface area (Å²) in [7, 11) is 1.99. The first kappa shape index (κ1) is 12.9. The minimum absolute atomic E-state index is 0.572. The van der Waals surface area contributed by atoms with E-state index in [2.05, 4.69) is 26.0 Å². The van der Waals surface area contributed by atoms with Gasteiger partial charge in [-0.3, -0.25) is 9.98 Å². The maximum atomic E-state index is 4.68. The molecule has 3 aromatic rings. The second-order valence-corrected chi connectivity index (χ2v) is 5.33. The van der Waals surface area contributed by atoms with Gasteiger partial charge in [0.25, 0.3) is 0 Å². The maximum absolute atomic E-state index is 4.68. The van der Waals surface area contributed by atoms with E-state index in [1.165, 1.54) is 0 Å². The van der Waals surface area contributed by atoms with Gasteiger partial charge in [0.1, 0.15) is 0 Å². The van der Waals surface area contributed by atoms with Crippen molar-refractivity contribution < 1.29 is 0 Å². The average Bonchev–Trinajstić information content (AvgIpc) is 2.79. The summed E-state index contributed by atoms with van der Waals surface area (Å²) >= 11 is 0. The molecule has 0 bridgehead atoms. The lowest BCUT2D eigenvalue weighted by atomic mass is 10.1. The van der Waals surface area contributed by atoms with Gasteiger partial charge in [0.2, 0.25) is 0 Å². The topological polar surface area (TPSA) is 55.4 Å². The normalized spacial score (nSPS) is 14.3. The van der Waals surface area contributed by atoms with Crippen molar-refractivity contribution in [3.05, 3.63) is 59.7 Å². The van der Waals surface area contributed by atoms with Gasteiger partial charge in [-0.15, -0.1) is 0 Å². The number of aliphatic imine (C=N–C) groups is 2. The van der Waals surface area contributed by atoms with Crippen LogP contribution in [0, 0.1) is 0 Å². The highest BCUT2D eigenvalue weighted by atomic mass is 15.1. The fraction of sp³-hybridized carbons (Fsp3) is 0.176. The molecule has 1 aliphatic heterocycles. The van der Waals surface area contributed by atoms with Crippen LogP contribution in [0.5, 0.6) is 0 Å². The van der Waals surface area contributed by atoms with E-state index in [9.17, 15) is 0 Å². The van der Waals surface area contributed by atoms with E-state index >= 15 is 0 Å². The fourth-order valence-electron chi connectivity index (χ4n) is 2.77. The molecule has 0 fully saturated rings. The van der Waals surface area contributed by atoms with Crippen LogP contribution in [0.4, 0.5) is 0 Å². The molecule has 4 rings (SSSR count). The first-order valence-electron chi connectivity index (χ1n) is 7.20. The number of pyridine rings is 1. The van der Waals surface area contributed by atoms with Crippen LogP contribution in [0.1, 0.15) is 24.0 Å². The molecule has 0 saturated carbocycles. The van der Waals surface area contributed by atoms with Crippen LogP contribution in [0.2, 0.25) is 0 Å². The second-order valence-electron chi connectivity index (χ2n) is 5.33. The molecule has 0 radical (unpaired) electrons. The highest BCUT2D eigenvalue weighted by molar-refractivity contribution is 6.11. The molecule has 0 aliphatic carbocycles. The molecule has 0 spiro atoms. The number of benzene rings is 1. The van der Waals surface area contributed by atoms with Gasteiger partial charge >= 0.3 is 0 Å². The van der Waals surface area contributed by atoms with Crippen LogP contribution in [0.25, 0.3) is 11.0 Å². The molecule has 1 aliphatic rings. The molecule has 108 valence electrons. The monoisotopic (exact) mass is 289 g/mol. The Morgan fingerprint density at radius 2 is 1.95 bits per heavy atom. The van der Waals surface area contributed by atoms with Gasteiger partial charge in [0.05, 0.1) is 29.0 Å². The molecule has 2 aromatic heterocycles. The summed E-state index contributed by atoms with van der Waals surface area (Å²) in [5, 5.41) is 0. The third-order valence-electron chi connectivity index (χ3n) is 3.89. The largest absolute Gasteiger partial charge is 0.324 e. The smallest absolute Gasteiger partial charge is 0.191 e. The first-order valence-corrected chi connectivity index (χ1v) is 7.20. The number of hydrogen-bond acceptors (Lipinski definition) is 4. The molecule has 3 heterocycles. The van der Waals surface area contributed by atoms with Crippen LogP contribution >= 0.6 is 0 Å². The van der Waals surface area contributed by atoms with Gasteiger partial charge in [-0.05, 0) is 25.1 Å². The van der Waals surface area contributed by atoms with Gasteiger partial charge in [-0.2, -0.15) is 0 Å². The number of hydrogen-bond donors (Lipinski definition) is 0. The van der Waals surface area contributed by atoms with Crippen LogP contribution in [0.15, 0.2) is 52.6 Å². The molecule has 0 saturated heterocycles. The molecule has 22 heavy (non-hydrogen) atoms. The Morgan fingerprint density at radius 1 is 1.09 bits per heavy atom. The van der Waals surface area contributed by atoms with Gasteiger partial charge in [0, 0.05) is 18.8 Å². The summed E-state index contributed by atoms with van der Waals surface area (Å²) in [5.74, 6) is 1.45. The fourth-order valence-corrected chi connectivity index (χ4v) is 2.77. The molecular weight excluding hydrogens is 274 g/mol. The Balaban J connectivity index is 1.88. The van der Waals surface area contributed by atoms with E-state index in [1.54, 1.807) is 6.20 Å². The van der Waals surface area contributed by atoms with Crippen LogP contribution in [-0.2, 0) is 13.6 Å². The zero-order valence-electron chi connectivity index (χ0n) is 12.5. The number of para-hydroxylation sites is 2. The summed E-state index contributed by atoms with van der Waals surface area (Å²) in [6.07, 6.45) is 1.79. The van der Waals surface area contributed by atoms with E-state index in [1.807, 2.05) is 48.9 Å². The standard InChI is InChI=1S/C17H15N5/c1-11-15-12(6-5-9-18-15)10-19-16(20-11)17-21-13-7-3-4-8-14(13)22(17)2/h3-9H,10H2,1-2H3. The van der Waals surface area contributed by atoms with E-state index in [-0.39, 0.29) is 0 Å². The van der Waals surface area contributed by atoms with Crippen molar-refractivity contribution in [3.63, 3.8) is 0 Å². The number of aromatic nitrogens is 3. The minimum Gasteiger partial charge on any atom is -0.324 e. The van der Waals surface area contributed by atoms with E-state index in [0.717, 1.165) is 33.8 Å². The van der Waals surface area contributed by atoms with Crippen molar-refractivity contribution in [2.75, 3.05) is 0 Å². The summed E-state index contributed by atoms with van der Waals surface area (Å²) in [6, 6.07) is 12.0. The van der Waals surface area contributed by atoms with Crippen LogP contribution < -0.4 is 0 Å². The predicted molar refractivity (Wildman–Crippen MR) is 87.4 cm³/mol. The number of nitrogens with zero attached hydrogens (tertiary/aromatic N) is 5. The van der Waals surface area contributed by atoms with Gasteiger partial charge in [-0.1, -0.05) is 18.2 Å². The van der Waals surface area contributed by atoms with Crippen molar-refractivity contribution in [2.45, 2.75) is 13.5 Å². The molecule has 5 heteroatoms. The van der Waals surface area contributed by atoms with Crippen molar-refractivity contribution in [2.24, 2.45) is 17.0 Å². The number of aryl methyl sites for hydroxylation is 1. The first-order chi connectivity index (χ1) is 10.7. The highest BCUT2D eigenvalue weighted by Gasteiger charge is 2.17. The van der Waals surface area contributed by atoms with E-state index in [4.69, 9.17) is 0 Å². The molecule has 5 nitrogen and oxygen atoms in total. The molecule has 1 aromatic carbocycles. The average molecular weight is 289 g/mol. The molecule has 0 N–H and O–H groups in total. The Kier molecular flexibility index (Phi) is 2.85. The minimum atomic E-state index is 0.572. The zero-order chi connectivity index (χ0) is 15.1. The lowest BCUT2D eigenvalue weighted by molar-refractivity contribution is 0.919. The Morgan fingerprint density at radius 3 is 2.82 bits per heavy atom. The van der Waals surface area contributed by atoms with Crippen LogP contribution in [-0.4, -0.2) is 26.1 Å². The number of rotatable bonds is 1. The molecule has 0 unspecified atom stereocenters. The summed E-state index contributed by atoms with van der Waals surface area (Å²) in [5.41, 5.74) is 4.92. The van der Waals surface area contributed by atoms with Crippen molar-refractivity contribution in [1.82, 2.24) is 14.5 Å². The van der Waals surface area contributed by atoms with Gasteiger partial charge in [0.15, 0.2) is 11.7 Å². The summed E-state index contributed by atoms with van der Waals surface area (Å²) < 4.78 is 2.04. The predicted octanol–water partition coefficient (Wildman–Crippen LogP) is 2.74. The quantitative estimate of drug-likeness (QED) is 0.691. The Labute approximate surface area is 128 Å². The number of amidine groups is 1. The highest BCUT2D eigenvalue weighted by Crippen LogP contribution is 2.18. The third-order valence-corrected chi connectivity index (χ3v) is 3.89. The lowest BCUT2D eigenvalue weighted by Crippen LogP contribution is -2.08. The molecule has 0 atom stereocenters.